The average molecular weight is 628 g/mol. The molecule has 0 aliphatic carbocycles. The summed E-state index contributed by atoms with van der Waals surface area (Å²) in [6.07, 6.45) is -4.49. The Bertz CT molecular complexity index is 1610. The van der Waals surface area contributed by atoms with E-state index in [-0.39, 0.29) is 31.0 Å². The molecule has 1 aliphatic heterocycles. The van der Waals surface area contributed by atoms with Gasteiger partial charge in [-0.3, -0.25) is 4.79 Å². The number of esters is 2. The van der Waals surface area contributed by atoms with Gasteiger partial charge in [0, 0.05) is 6.07 Å². The third-order valence-corrected chi connectivity index (χ3v) is 8.27. The van der Waals surface area contributed by atoms with Crippen molar-refractivity contribution in [2.24, 2.45) is 0 Å². The van der Waals surface area contributed by atoms with Crippen molar-refractivity contribution in [3.8, 4) is 5.75 Å². The van der Waals surface area contributed by atoms with Gasteiger partial charge in [-0.25, -0.2) is 18.0 Å². The first-order valence-corrected chi connectivity index (χ1v) is 14.1. The molecule has 9 nitrogen and oxygen atoms in total. The van der Waals surface area contributed by atoms with Crippen LogP contribution in [0, 0.1) is 0 Å². The monoisotopic (exact) mass is 627 g/mol. The number of carbonyl (C=O) groups excluding carboxylic acids is 3. The Morgan fingerprint density at radius 1 is 0.976 bits per heavy atom. The lowest BCUT2D eigenvalue weighted by atomic mass is 9.96. The van der Waals surface area contributed by atoms with Crippen LogP contribution in [0.3, 0.4) is 0 Å². The van der Waals surface area contributed by atoms with Gasteiger partial charge in [0.25, 0.3) is 15.9 Å². The molecule has 0 radical (unpaired) electrons. The molecule has 1 amide bonds. The third-order valence-electron chi connectivity index (χ3n) is 5.91. The van der Waals surface area contributed by atoms with Crippen LogP contribution in [0.15, 0.2) is 65.6 Å². The number of benzene rings is 3. The van der Waals surface area contributed by atoms with E-state index in [2.05, 4.69) is 9.47 Å². The Balaban J connectivity index is 1.58. The summed E-state index contributed by atoms with van der Waals surface area (Å²) in [5, 5.41) is -0.123. The van der Waals surface area contributed by atoms with E-state index in [9.17, 15) is 31.6 Å². The molecule has 0 aromatic heterocycles. The quantitative estimate of drug-likeness (QED) is 0.274. The van der Waals surface area contributed by atoms with Crippen molar-refractivity contribution >= 4 is 51.1 Å². The van der Waals surface area contributed by atoms with Gasteiger partial charge in [-0.05, 0) is 35.2 Å². The summed E-state index contributed by atoms with van der Waals surface area (Å²) in [6.45, 7) is 1.68. The molecule has 0 saturated heterocycles. The largest absolute Gasteiger partial charge is 0.502 e. The van der Waals surface area contributed by atoms with Gasteiger partial charge < -0.3 is 14.2 Å². The lowest BCUT2D eigenvalue weighted by Crippen LogP contribution is -2.36. The van der Waals surface area contributed by atoms with E-state index >= 15 is 0 Å². The SMILES string of the molecule is CC(C)c1cc(OC(F)(F)C(=O)OCc2ccccc2)cc2c1C(=O)N(COC(=O)c1c(Cl)cccc1Cl)S2(=O)=O. The number of ether oxygens (including phenoxy) is 3. The van der Waals surface area contributed by atoms with Crippen LogP contribution in [-0.4, -0.2) is 43.4 Å². The lowest BCUT2D eigenvalue weighted by Gasteiger charge is -2.18. The number of rotatable bonds is 9. The van der Waals surface area contributed by atoms with E-state index in [0.717, 1.165) is 6.07 Å². The fourth-order valence-corrected chi connectivity index (χ4v) is 5.94. The van der Waals surface area contributed by atoms with Crippen LogP contribution in [0.25, 0.3) is 0 Å². The molecule has 0 fully saturated rings. The fraction of sp³-hybridized carbons (Fsp3) is 0.222. The highest BCUT2D eigenvalue weighted by Crippen LogP contribution is 2.40. The number of fused-ring (bicyclic) bond motifs is 1. The molecule has 41 heavy (non-hydrogen) atoms. The molecule has 3 aromatic carbocycles. The van der Waals surface area contributed by atoms with Crippen molar-refractivity contribution in [3.05, 3.63) is 93.0 Å². The number of alkyl halides is 2. The summed E-state index contributed by atoms with van der Waals surface area (Å²) in [4.78, 5) is 37.2. The molecule has 0 bridgehead atoms. The van der Waals surface area contributed by atoms with Gasteiger partial charge in [0.2, 0.25) is 0 Å². The summed E-state index contributed by atoms with van der Waals surface area (Å²) in [7, 11) is -4.69. The van der Waals surface area contributed by atoms with Crippen molar-refractivity contribution in [3.63, 3.8) is 0 Å². The van der Waals surface area contributed by atoms with E-state index in [1.54, 1.807) is 44.2 Å². The molecule has 1 aliphatic rings. The number of hydrogen-bond acceptors (Lipinski definition) is 8. The lowest BCUT2D eigenvalue weighted by molar-refractivity contribution is -0.218. The minimum atomic E-state index is -4.69. The van der Waals surface area contributed by atoms with Gasteiger partial charge in [-0.15, -0.1) is 0 Å². The van der Waals surface area contributed by atoms with Gasteiger partial charge in [0.05, 0.1) is 21.2 Å². The van der Waals surface area contributed by atoms with Gasteiger partial charge in [0.15, 0.2) is 6.73 Å². The Kier molecular flexibility index (Phi) is 8.57. The number of amides is 1. The highest BCUT2D eigenvalue weighted by atomic mass is 35.5. The molecule has 0 atom stereocenters. The summed E-state index contributed by atoms with van der Waals surface area (Å²) >= 11 is 12.0. The molecule has 0 saturated carbocycles. The minimum absolute atomic E-state index is 0.0440. The molecular weight excluding hydrogens is 607 g/mol. The van der Waals surface area contributed by atoms with Crippen LogP contribution in [0.2, 0.25) is 10.0 Å². The van der Waals surface area contributed by atoms with Crippen LogP contribution in [0.1, 0.15) is 51.6 Å². The zero-order valence-electron chi connectivity index (χ0n) is 21.4. The smallest absolute Gasteiger partial charge is 0.453 e. The highest BCUT2D eigenvalue weighted by Gasteiger charge is 2.47. The maximum absolute atomic E-state index is 14.7. The van der Waals surface area contributed by atoms with Crippen LogP contribution in [-0.2, 0) is 30.9 Å². The Hall–Kier alpha value is -3.74. The number of nitrogens with zero attached hydrogens (tertiary/aromatic N) is 1. The molecule has 14 heteroatoms. The zero-order valence-corrected chi connectivity index (χ0v) is 23.7. The highest BCUT2D eigenvalue weighted by molar-refractivity contribution is 7.90. The molecule has 4 rings (SSSR count). The van der Waals surface area contributed by atoms with Crippen LogP contribution in [0.4, 0.5) is 8.78 Å². The Labute approximate surface area is 243 Å². The van der Waals surface area contributed by atoms with Crippen molar-refractivity contribution in [1.29, 1.82) is 0 Å². The summed E-state index contributed by atoms with van der Waals surface area (Å²) < 4.78 is 70.5. The van der Waals surface area contributed by atoms with Crippen LogP contribution < -0.4 is 4.74 Å². The first kappa shape index (κ1) is 30.2. The normalized spacial score (nSPS) is 14.1. The standard InChI is InChI=1S/C27H21Cl2F2NO8S/c1-15(2)18-11-17(40-27(30,31)26(35)38-13-16-7-4-3-5-8-16)12-21-22(18)24(33)32(41(21,36)37)14-39-25(34)23-19(28)9-6-10-20(23)29/h3-12,15H,13-14H2,1-2H3. The van der Waals surface area contributed by atoms with Crippen molar-refractivity contribution in [1.82, 2.24) is 4.31 Å². The van der Waals surface area contributed by atoms with E-state index in [1.807, 2.05) is 0 Å². The number of hydrogen-bond donors (Lipinski definition) is 0. The molecule has 216 valence electrons. The second-order valence-electron chi connectivity index (χ2n) is 9.04. The van der Waals surface area contributed by atoms with E-state index < -0.39 is 63.9 Å². The molecule has 0 N–H and O–H groups in total. The molecule has 3 aromatic rings. The predicted octanol–water partition coefficient (Wildman–Crippen LogP) is 5.79. The maximum atomic E-state index is 14.7. The average Bonchev–Trinajstić information content (AvgIpc) is 3.10. The van der Waals surface area contributed by atoms with Crippen LogP contribution >= 0.6 is 23.2 Å². The van der Waals surface area contributed by atoms with Crippen LogP contribution in [0.5, 0.6) is 5.75 Å². The van der Waals surface area contributed by atoms with E-state index in [4.69, 9.17) is 27.9 Å². The van der Waals surface area contributed by atoms with E-state index in [0.29, 0.717) is 11.6 Å². The van der Waals surface area contributed by atoms with E-state index in [1.165, 1.54) is 18.2 Å². The van der Waals surface area contributed by atoms with Gasteiger partial charge in [-0.2, -0.15) is 13.1 Å². The molecular formula is C27H21Cl2F2NO8S. The van der Waals surface area contributed by atoms with Gasteiger partial charge in [0.1, 0.15) is 17.3 Å². The van der Waals surface area contributed by atoms with Crippen molar-refractivity contribution in [2.75, 3.05) is 6.73 Å². The third kappa shape index (κ3) is 6.14. The van der Waals surface area contributed by atoms with Crippen molar-refractivity contribution in [2.45, 2.75) is 37.4 Å². The summed E-state index contributed by atoms with van der Waals surface area (Å²) in [5.41, 5.74) is -0.0487. The Morgan fingerprint density at radius 2 is 1.61 bits per heavy atom. The number of sulfonamides is 1. The molecule has 0 spiro atoms. The minimum Gasteiger partial charge on any atom is -0.453 e. The van der Waals surface area contributed by atoms with Gasteiger partial charge in [-0.1, -0.05) is 73.4 Å². The first-order chi connectivity index (χ1) is 19.2. The number of carbonyl (C=O) groups is 3. The second-order valence-corrected chi connectivity index (χ2v) is 11.7. The molecule has 0 unspecified atom stereocenters. The zero-order chi connectivity index (χ0) is 30.1. The predicted molar refractivity (Wildman–Crippen MR) is 142 cm³/mol. The first-order valence-electron chi connectivity index (χ1n) is 11.9. The number of halogens is 4. The second kappa shape index (κ2) is 11.6. The summed E-state index contributed by atoms with van der Waals surface area (Å²) in [6, 6.07) is 14.0. The Morgan fingerprint density at radius 3 is 2.22 bits per heavy atom. The summed E-state index contributed by atoms with van der Waals surface area (Å²) in [5.74, 6) is -5.40. The topological polar surface area (TPSA) is 116 Å². The molecule has 1 heterocycles. The maximum Gasteiger partial charge on any atom is 0.502 e. The fourth-order valence-electron chi connectivity index (χ4n) is 3.92. The van der Waals surface area contributed by atoms with Crippen molar-refractivity contribution < 1.29 is 45.8 Å². The van der Waals surface area contributed by atoms with Gasteiger partial charge >= 0.3 is 18.0 Å².